The molecule has 2 heterocycles. The van der Waals surface area contributed by atoms with E-state index in [-0.39, 0.29) is 11.9 Å². The third kappa shape index (κ3) is 3.79. The topological polar surface area (TPSA) is 87.9 Å². The van der Waals surface area contributed by atoms with E-state index >= 15 is 0 Å². The van der Waals surface area contributed by atoms with E-state index in [1.165, 1.54) is 5.56 Å². The standard InChI is InChI=1S/C30H30N4O4/c1-5-37-30(36)34-12-10-33(11-13-34)23-16-22(31-26-18(3)14-17(2)15-19(26)4)24-25-27(23)32-38-29(25)21-9-7-6-8-20(21)28(24)35/h6-9,14-16,31H,5,10-13H2,1-4H3. The van der Waals surface area contributed by atoms with Crippen LogP contribution in [-0.2, 0) is 4.74 Å². The Morgan fingerprint density at radius 2 is 1.71 bits per heavy atom. The first kappa shape index (κ1) is 24.0. The van der Waals surface area contributed by atoms with Gasteiger partial charge in [0.15, 0.2) is 11.5 Å². The number of hydrogen-bond donors (Lipinski definition) is 1. The Kier molecular flexibility index (Phi) is 5.82. The first-order valence-electron chi connectivity index (χ1n) is 13.0. The number of piperazine rings is 1. The second-order valence-corrected chi connectivity index (χ2v) is 10.0. The fourth-order valence-electron chi connectivity index (χ4n) is 5.74. The summed E-state index contributed by atoms with van der Waals surface area (Å²) in [6, 6.07) is 13.8. The van der Waals surface area contributed by atoms with Crippen LogP contribution in [0.5, 0.6) is 0 Å². The van der Waals surface area contributed by atoms with Crippen LogP contribution in [0.2, 0.25) is 0 Å². The molecule has 8 nitrogen and oxygen atoms in total. The maximum Gasteiger partial charge on any atom is 0.409 e. The molecule has 38 heavy (non-hydrogen) atoms. The van der Waals surface area contributed by atoms with Crippen molar-refractivity contribution in [3.8, 4) is 11.3 Å². The van der Waals surface area contributed by atoms with E-state index < -0.39 is 0 Å². The van der Waals surface area contributed by atoms with Crippen molar-refractivity contribution in [2.24, 2.45) is 0 Å². The van der Waals surface area contributed by atoms with Crippen molar-refractivity contribution in [1.29, 1.82) is 0 Å². The first-order chi connectivity index (χ1) is 18.4. The summed E-state index contributed by atoms with van der Waals surface area (Å²) in [6.07, 6.45) is -0.291. The molecule has 0 bridgehead atoms. The van der Waals surface area contributed by atoms with Gasteiger partial charge in [-0.05, 0) is 44.9 Å². The van der Waals surface area contributed by atoms with Gasteiger partial charge in [0, 0.05) is 43.0 Å². The summed E-state index contributed by atoms with van der Waals surface area (Å²) in [5.41, 5.74) is 8.57. The average Bonchev–Trinajstić information content (AvgIpc) is 3.35. The van der Waals surface area contributed by atoms with E-state index in [0.29, 0.717) is 55.2 Å². The Hall–Kier alpha value is -4.33. The van der Waals surface area contributed by atoms with Crippen molar-refractivity contribution >= 4 is 39.8 Å². The molecule has 0 saturated carbocycles. The lowest BCUT2D eigenvalue weighted by Crippen LogP contribution is -2.49. The molecule has 1 aliphatic carbocycles. The molecule has 1 N–H and O–H groups in total. The Balaban J connectivity index is 1.50. The molecule has 1 saturated heterocycles. The Morgan fingerprint density at radius 1 is 1.03 bits per heavy atom. The molecule has 4 aromatic rings. The number of ketones is 1. The minimum absolute atomic E-state index is 0.0510. The van der Waals surface area contributed by atoms with Crippen LogP contribution < -0.4 is 10.2 Å². The van der Waals surface area contributed by atoms with Crippen LogP contribution in [0.4, 0.5) is 21.9 Å². The predicted octanol–water partition coefficient (Wildman–Crippen LogP) is 5.99. The number of nitrogens with one attached hydrogen (secondary N) is 1. The normalized spacial score (nSPS) is 14.6. The van der Waals surface area contributed by atoms with Crippen molar-refractivity contribution in [1.82, 2.24) is 10.1 Å². The fraction of sp³-hybridized carbons (Fsp3) is 0.300. The van der Waals surface area contributed by atoms with E-state index in [1.54, 1.807) is 4.90 Å². The second kappa shape index (κ2) is 9.20. The molecule has 8 heteroatoms. The molecule has 6 rings (SSSR count). The van der Waals surface area contributed by atoms with Crippen LogP contribution in [0.1, 0.15) is 39.5 Å². The van der Waals surface area contributed by atoms with Gasteiger partial charge in [0.25, 0.3) is 0 Å². The summed E-state index contributed by atoms with van der Waals surface area (Å²) in [6.45, 7) is 10.7. The molecule has 1 aromatic heterocycles. The van der Waals surface area contributed by atoms with E-state index in [1.807, 2.05) is 37.3 Å². The number of aromatic nitrogens is 1. The summed E-state index contributed by atoms with van der Waals surface area (Å²) in [4.78, 5) is 30.1. The lowest BCUT2D eigenvalue weighted by Gasteiger charge is -2.36. The number of benzene rings is 3. The Bertz CT molecular complexity index is 1570. The number of fused-ring (bicyclic) bond motifs is 2. The number of aryl methyl sites for hydroxylation is 3. The molecular weight excluding hydrogens is 480 g/mol. The zero-order valence-corrected chi connectivity index (χ0v) is 22.1. The molecule has 0 radical (unpaired) electrons. The monoisotopic (exact) mass is 510 g/mol. The van der Waals surface area contributed by atoms with Gasteiger partial charge in [-0.2, -0.15) is 0 Å². The number of amides is 1. The number of ether oxygens (including phenoxy) is 1. The number of rotatable bonds is 4. The van der Waals surface area contributed by atoms with Crippen LogP contribution in [0, 0.1) is 20.8 Å². The lowest BCUT2D eigenvalue weighted by molar-refractivity contribution is 0.103. The van der Waals surface area contributed by atoms with Gasteiger partial charge < -0.3 is 24.4 Å². The molecule has 2 aliphatic rings. The van der Waals surface area contributed by atoms with Crippen LogP contribution in [0.15, 0.2) is 47.0 Å². The van der Waals surface area contributed by atoms with Gasteiger partial charge in [0.2, 0.25) is 0 Å². The average molecular weight is 511 g/mol. The largest absolute Gasteiger partial charge is 0.450 e. The lowest BCUT2D eigenvalue weighted by atomic mass is 9.86. The highest BCUT2D eigenvalue weighted by molar-refractivity contribution is 6.28. The van der Waals surface area contributed by atoms with Crippen LogP contribution in [0.3, 0.4) is 0 Å². The van der Waals surface area contributed by atoms with Crippen molar-refractivity contribution in [2.75, 3.05) is 43.0 Å². The molecule has 1 fully saturated rings. The molecule has 1 amide bonds. The first-order valence-corrected chi connectivity index (χ1v) is 13.0. The summed E-state index contributed by atoms with van der Waals surface area (Å²) in [7, 11) is 0. The number of hydrogen-bond acceptors (Lipinski definition) is 7. The van der Waals surface area contributed by atoms with Crippen LogP contribution in [-0.4, -0.2) is 54.7 Å². The minimum Gasteiger partial charge on any atom is -0.450 e. The van der Waals surface area contributed by atoms with Gasteiger partial charge in [0.1, 0.15) is 5.52 Å². The highest BCUT2D eigenvalue weighted by Gasteiger charge is 2.34. The van der Waals surface area contributed by atoms with E-state index in [4.69, 9.17) is 9.26 Å². The third-order valence-corrected chi connectivity index (χ3v) is 7.46. The quantitative estimate of drug-likeness (QED) is 0.318. The highest BCUT2D eigenvalue weighted by atomic mass is 16.6. The van der Waals surface area contributed by atoms with Crippen molar-refractivity contribution < 1.29 is 18.8 Å². The Morgan fingerprint density at radius 3 is 2.39 bits per heavy atom. The SMILES string of the molecule is CCOC(=O)N1CCN(c2cc(Nc3c(C)cc(C)cc3C)c3c4c(onc24)-c2ccccc2C3=O)CC1. The molecule has 0 atom stereocenters. The van der Waals surface area contributed by atoms with Gasteiger partial charge in [-0.25, -0.2) is 4.79 Å². The number of carbonyl (C=O) groups excluding carboxylic acids is 2. The number of nitrogens with zero attached hydrogens (tertiary/aromatic N) is 3. The molecule has 194 valence electrons. The summed E-state index contributed by atoms with van der Waals surface area (Å²) in [5, 5.41) is 8.81. The van der Waals surface area contributed by atoms with Crippen molar-refractivity contribution in [2.45, 2.75) is 27.7 Å². The van der Waals surface area contributed by atoms with Gasteiger partial charge in [-0.3, -0.25) is 4.79 Å². The minimum atomic E-state index is -0.291. The van der Waals surface area contributed by atoms with Gasteiger partial charge in [-0.1, -0.05) is 47.1 Å². The fourth-order valence-corrected chi connectivity index (χ4v) is 5.74. The number of carbonyl (C=O) groups is 2. The van der Waals surface area contributed by atoms with Gasteiger partial charge in [0.05, 0.1) is 28.9 Å². The van der Waals surface area contributed by atoms with E-state index in [9.17, 15) is 9.59 Å². The highest BCUT2D eigenvalue weighted by Crippen LogP contribution is 2.46. The zero-order valence-electron chi connectivity index (χ0n) is 22.1. The maximum atomic E-state index is 13.9. The molecular formula is C30H30N4O4. The Labute approximate surface area is 221 Å². The van der Waals surface area contributed by atoms with Crippen molar-refractivity contribution in [3.05, 3.63) is 70.3 Å². The summed E-state index contributed by atoms with van der Waals surface area (Å²) in [5.74, 6) is 0.558. The molecule has 0 unspecified atom stereocenters. The predicted molar refractivity (Wildman–Crippen MR) is 148 cm³/mol. The summed E-state index contributed by atoms with van der Waals surface area (Å²) >= 11 is 0. The van der Waals surface area contributed by atoms with Crippen LogP contribution >= 0.6 is 0 Å². The molecule has 3 aromatic carbocycles. The van der Waals surface area contributed by atoms with E-state index in [2.05, 4.69) is 48.3 Å². The van der Waals surface area contributed by atoms with Gasteiger partial charge >= 0.3 is 6.09 Å². The van der Waals surface area contributed by atoms with Crippen molar-refractivity contribution in [3.63, 3.8) is 0 Å². The molecule has 0 spiro atoms. The third-order valence-electron chi connectivity index (χ3n) is 7.46. The van der Waals surface area contributed by atoms with Crippen LogP contribution in [0.25, 0.3) is 22.2 Å². The molecule has 1 aliphatic heterocycles. The second-order valence-electron chi connectivity index (χ2n) is 10.0. The zero-order chi connectivity index (χ0) is 26.6. The maximum absolute atomic E-state index is 13.9. The van der Waals surface area contributed by atoms with E-state index in [0.717, 1.165) is 39.1 Å². The summed E-state index contributed by atoms with van der Waals surface area (Å²) < 4.78 is 11.1. The number of anilines is 3. The van der Waals surface area contributed by atoms with Gasteiger partial charge in [-0.15, -0.1) is 0 Å². The smallest absolute Gasteiger partial charge is 0.409 e.